The first-order valence-corrected chi connectivity index (χ1v) is 10.9. The Morgan fingerprint density at radius 1 is 1.12 bits per heavy atom. The van der Waals surface area contributed by atoms with Crippen LogP contribution in [0.3, 0.4) is 0 Å². The summed E-state index contributed by atoms with van der Waals surface area (Å²) < 4.78 is 31.5. The quantitative estimate of drug-likeness (QED) is 0.526. The van der Waals surface area contributed by atoms with Gasteiger partial charge in [0.05, 0.1) is 22.9 Å². The van der Waals surface area contributed by atoms with E-state index in [1.54, 1.807) is 24.3 Å². The monoisotopic (exact) mass is 378 g/mol. The van der Waals surface area contributed by atoms with Crippen LogP contribution in [-0.4, -0.2) is 37.5 Å². The number of sulfone groups is 1. The van der Waals surface area contributed by atoms with Crippen LogP contribution in [-0.2, 0) is 19.4 Å². The highest BCUT2D eigenvalue weighted by atomic mass is 32.2. The van der Waals surface area contributed by atoms with Crippen molar-refractivity contribution < 1.29 is 23.1 Å². The van der Waals surface area contributed by atoms with Crippen molar-refractivity contribution in [2.45, 2.75) is 55.6 Å². The first kappa shape index (κ1) is 19.1. The van der Waals surface area contributed by atoms with Crippen molar-refractivity contribution in [3.8, 4) is 0 Å². The van der Waals surface area contributed by atoms with E-state index in [-0.39, 0.29) is 36.2 Å². The highest BCUT2D eigenvalue weighted by molar-refractivity contribution is 7.91. The van der Waals surface area contributed by atoms with Crippen LogP contribution in [0.4, 0.5) is 0 Å². The molecule has 2 aliphatic rings. The van der Waals surface area contributed by atoms with Crippen LogP contribution >= 0.6 is 0 Å². The van der Waals surface area contributed by atoms with Crippen molar-refractivity contribution in [3.63, 3.8) is 0 Å². The molecule has 0 aromatic heterocycles. The molecule has 0 unspecified atom stereocenters. The van der Waals surface area contributed by atoms with Crippen molar-refractivity contribution in [3.05, 3.63) is 42.5 Å². The fraction of sp³-hybridized carbons (Fsp3) is 0.550. The molecule has 5 nitrogen and oxygen atoms in total. The van der Waals surface area contributed by atoms with Gasteiger partial charge in [-0.1, -0.05) is 30.4 Å². The highest BCUT2D eigenvalue weighted by Crippen LogP contribution is 2.46. The molecular formula is C20H26O5S. The van der Waals surface area contributed by atoms with Gasteiger partial charge in [0, 0.05) is 12.3 Å². The summed E-state index contributed by atoms with van der Waals surface area (Å²) in [7, 11) is -3.32. The fourth-order valence-electron chi connectivity index (χ4n) is 4.15. The van der Waals surface area contributed by atoms with Crippen LogP contribution in [0.5, 0.6) is 0 Å². The van der Waals surface area contributed by atoms with Crippen LogP contribution in [0.15, 0.2) is 47.4 Å². The second kappa shape index (κ2) is 8.35. The average molecular weight is 378 g/mol. The smallest absolute Gasteiger partial charge is 0.303 e. The molecule has 0 radical (unpaired) electrons. The summed E-state index contributed by atoms with van der Waals surface area (Å²) in [6.07, 6.45) is 8.57. The topological polar surface area (TPSA) is 80.7 Å². The van der Waals surface area contributed by atoms with Crippen molar-refractivity contribution >= 4 is 15.8 Å². The van der Waals surface area contributed by atoms with Crippen molar-refractivity contribution in [1.82, 2.24) is 0 Å². The minimum Gasteiger partial charge on any atom is -0.481 e. The normalized spacial score (nSPS) is 28.0. The van der Waals surface area contributed by atoms with E-state index in [2.05, 4.69) is 6.08 Å². The standard InChI is InChI=1S/C20H26O5S/c21-20(22)11-7-2-1-6-10-16-17(19-13-12-18(16)25-19)14-26(23,24)15-8-4-3-5-9-15/h1,3-6,8-9,16-19H,2,7,10-14H2,(H,21,22)/t16-,17+,18-,19+/m1/s1. The van der Waals surface area contributed by atoms with Gasteiger partial charge in [-0.2, -0.15) is 0 Å². The lowest BCUT2D eigenvalue weighted by molar-refractivity contribution is -0.137. The van der Waals surface area contributed by atoms with Gasteiger partial charge in [0.1, 0.15) is 0 Å². The number of hydrogen-bond acceptors (Lipinski definition) is 4. The zero-order valence-corrected chi connectivity index (χ0v) is 15.6. The third kappa shape index (κ3) is 4.54. The summed E-state index contributed by atoms with van der Waals surface area (Å²) in [6.45, 7) is 0. The number of rotatable bonds is 9. The molecule has 2 heterocycles. The fourth-order valence-corrected chi connectivity index (χ4v) is 5.88. The van der Waals surface area contributed by atoms with Crippen LogP contribution in [0.25, 0.3) is 0 Å². The Bertz CT molecular complexity index is 741. The van der Waals surface area contributed by atoms with Gasteiger partial charge in [-0.3, -0.25) is 4.79 Å². The molecule has 26 heavy (non-hydrogen) atoms. The zero-order chi connectivity index (χ0) is 18.6. The van der Waals surface area contributed by atoms with Gasteiger partial charge >= 0.3 is 5.97 Å². The summed E-state index contributed by atoms with van der Waals surface area (Å²) in [6, 6.07) is 8.63. The van der Waals surface area contributed by atoms with E-state index in [1.165, 1.54) is 0 Å². The van der Waals surface area contributed by atoms with Crippen LogP contribution in [0.1, 0.15) is 38.5 Å². The maximum Gasteiger partial charge on any atom is 0.303 e. The number of unbranched alkanes of at least 4 members (excludes halogenated alkanes) is 1. The second-order valence-electron chi connectivity index (χ2n) is 7.21. The summed E-state index contributed by atoms with van der Waals surface area (Å²) >= 11 is 0. The third-order valence-electron chi connectivity index (χ3n) is 5.44. The SMILES string of the molecule is O=C(O)CCCC=CC[C@@H]1[C@H](CS(=O)(=O)c2ccccc2)[C@@H]2CC[C@H]1O2. The van der Waals surface area contributed by atoms with E-state index in [9.17, 15) is 13.2 Å². The van der Waals surface area contributed by atoms with Gasteiger partial charge in [0.25, 0.3) is 0 Å². The minimum absolute atomic E-state index is 0.0302. The summed E-state index contributed by atoms with van der Waals surface area (Å²) in [5.41, 5.74) is 0. The first-order valence-electron chi connectivity index (χ1n) is 9.27. The van der Waals surface area contributed by atoms with E-state index < -0.39 is 15.8 Å². The molecule has 142 valence electrons. The Morgan fingerprint density at radius 3 is 2.50 bits per heavy atom. The number of fused-ring (bicyclic) bond motifs is 2. The minimum atomic E-state index is -3.32. The predicted molar refractivity (Wildman–Crippen MR) is 98.6 cm³/mol. The Morgan fingerprint density at radius 2 is 1.81 bits per heavy atom. The molecule has 2 aliphatic heterocycles. The molecule has 0 amide bonds. The number of benzene rings is 1. The molecule has 2 saturated heterocycles. The number of hydrogen-bond donors (Lipinski definition) is 1. The van der Waals surface area contributed by atoms with Crippen molar-refractivity contribution in [1.29, 1.82) is 0 Å². The summed E-state index contributed by atoms with van der Waals surface area (Å²) in [4.78, 5) is 10.9. The third-order valence-corrected chi connectivity index (χ3v) is 7.25. The van der Waals surface area contributed by atoms with Crippen molar-refractivity contribution in [2.24, 2.45) is 11.8 Å². The molecule has 2 fully saturated rings. The number of carboxylic acid groups (broad SMARTS) is 1. The lowest BCUT2D eigenvalue weighted by Gasteiger charge is -2.27. The van der Waals surface area contributed by atoms with Gasteiger partial charge in [0.2, 0.25) is 0 Å². The number of aliphatic carboxylic acids is 1. The molecular weight excluding hydrogens is 352 g/mol. The predicted octanol–water partition coefficient (Wildman–Crippen LogP) is 3.46. The number of ether oxygens (including phenoxy) is 1. The van der Waals surface area contributed by atoms with E-state index in [4.69, 9.17) is 9.84 Å². The molecule has 6 heteroatoms. The number of carbonyl (C=O) groups is 1. The molecule has 4 atom stereocenters. The zero-order valence-electron chi connectivity index (χ0n) is 14.8. The molecule has 0 aliphatic carbocycles. The van der Waals surface area contributed by atoms with E-state index in [1.807, 2.05) is 12.1 Å². The maximum atomic E-state index is 12.8. The highest BCUT2D eigenvalue weighted by Gasteiger charge is 2.49. The van der Waals surface area contributed by atoms with Gasteiger partial charge in [-0.25, -0.2) is 8.42 Å². The van der Waals surface area contributed by atoms with Gasteiger partial charge in [-0.15, -0.1) is 0 Å². The lowest BCUT2D eigenvalue weighted by Crippen LogP contribution is -2.32. The van der Waals surface area contributed by atoms with Gasteiger partial charge in [0.15, 0.2) is 9.84 Å². The molecule has 1 aromatic carbocycles. The molecule has 2 bridgehead atoms. The Balaban J connectivity index is 1.60. The average Bonchev–Trinajstić information content (AvgIpc) is 3.20. The Kier molecular flexibility index (Phi) is 6.14. The van der Waals surface area contributed by atoms with E-state index >= 15 is 0 Å². The number of allylic oxidation sites excluding steroid dienone is 2. The van der Waals surface area contributed by atoms with Crippen LogP contribution in [0.2, 0.25) is 0 Å². The van der Waals surface area contributed by atoms with E-state index in [0.29, 0.717) is 11.3 Å². The molecule has 1 aromatic rings. The van der Waals surface area contributed by atoms with E-state index in [0.717, 1.165) is 25.7 Å². The second-order valence-corrected chi connectivity index (χ2v) is 9.24. The summed E-state index contributed by atoms with van der Waals surface area (Å²) in [5.74, 6) is -0.382. The number of carboxylic acids is 1. The summed E-state index contributed by atoms with van der Waals surface area (Å²) in [5, 5.41) is 8.65. The van der Waals surface area contributed by atoms with Crippen molar-refractivity contribution in [2.75, 3.05) is 5.75 Å². The largest absolute Gasteiger partial charge is 0.481 e. The molecule has 0 saturated carbocycles. The molecule has 3 rings (SSSR count). The van der Waals surface area contributed by atoms with Crippen LogP contribution in [0, 0.1) is 11.8 Å². The first-order chi connectivity index (χ1) is 12.5. The van der Waals surface area contributed by atoms with Gasteiger partial charge < -0.3 is 9.84 Å². The molecule has 0 spiro atoms. The Labute approximate surface area is 155 Å². The van der Waals surface area contributed by atoms with Gasteiger partial charge in [-0.05, 0) is 50.2 Å². The lowest BCUT2D eigenvalue weighted by atomic mass is 9.78. The van der Waals surface area contributed by atoms with Crippen LogP contribution < -0.4 is 0 Å². The maximum absolute atomic E-state index is 12.8. The Hall–Kier alpha value is -1.66. The molecule has 1 N–H and O–H groups in total.